The molecule has 1 aromatic rings. The van der Waals surface area contributed by atoms with Gasteiger partial charge in [-0.15, -0.1) is 11.6 Å². The molecule has 0 aliphatic heterocycles. The number of ether oxygens (including phenoxy) is 2. The zero-order valence-electron chi connectivity index (χ0n) is 10.9. The first kappa shape index (κ1) is 16.4. The van der Waals surface area contributed by atoms with Crippen molar-refractivity contribution in [3.8, 4) is 5.75 Å². The molecule has 0 bridgehead atoms. The van der Waals surface area contributed by atoms with E-state index in [9.17, 15) is 18.4 Å². The summed E-state index contributed by atoms with van der Waals surface area (Å²) in [7, 11) is 0. The van der Waals surface area contributed by atoms with E-state index in [1.54, 1.807) is 6.92 Å². The van der Waals surface area contributed by atoms with Crippen LogP contribution in [0.4, 0.5) is 8.78 Å². The molecule has 0 saturated heterocycles. The van der Waals surface area contributed by atoms with Crippen molar-refractivity contribution in [2.75, 3.05) is 6.61 Å². The summed E-state index contributed by atoms with van der Waals surface area (Å²) in [5.41, 5.74) is -0.0953. The second-order valence-corrected chi connectivity index (χ2v) is 4.44. The average molecular weight is 307 g/mol. The van der Waals surface area contributed by atoms with Crippen molar-refractivity contribution in [1.29, 1.82) is 0 Å². The van der Waals surface area contributed by atoms with Gasteiger partial charge in [-0.05, 0) is 32.0 Å². The van der Waals surface area contributed by atoms with E-state index in [0.717, 1.165) is 6.07 Å². The normalized spacial score (nSPS) is 12.1. The number of hydrogen-bond donors (Lipinski definition) is 0. The van der Waals surface area contributed by atoms with Crippen LogP contribution in [0.1, 0.15) is 34.6 Å². The van der Waals surface area contributed by atoms with Gasteiger partial charge in [-0.1, -0.05) is 0 Å². The van der Waals surface area contributed by atoms with Crippen molar-refractivity contribution in [1.82, 2.24) is 0 Å². The number of ketones is 1. The van der Waals surface area contributed by atoms with E-state index in [0.29, 0.717) is 0 Å². The van der Waals surface area contributed by atoms with Gasteiger partial charge in [0, 0.05) is 0 Å². The van der Waals surface area contributed by atoms with Gasteiger partial charge in [0.2, 0.25) is 0 Å². The number of carbonyl (C=O) groups is 2. The molecular formula is C13H13ClF2O4. The fourth-order valence-electron chi connectivity index (χ4n) is 1.48. The van der Waals surface area contributed by atoms with Gasteiger partial charge in [0.1, 0.15) is 5.75 Å². The minimum absolute atomic E-state index is 0.0151. The van der Waals surface area contributed by atoms with Crippen molar-refractivity contribution >= 4 is 23.4 Å². The van der Waals surface area contributed by atoms with Crippen LogP contribution in [0.2, 0.25) is 0 Å². The van der Waals surface area contributed by atoms with Crippen LogP contribution in [-0.4, -0.2) is 30.3 Å². The number of rotatable bonds is 6. The number of carbonyl (C=O) groups excluding carboxylic acids is 2. The average Bonchev–Trinajstić information content (AvgIpc) is 2.37. The third-order valence-electron chi connectivity index (χ3n) is 2.34. The fourth-order valence-corrected chi connectivity index (χ4v) is 1.59. The molecule has 20 heavy (non-hydrogen) atoms. The molecule has 0 amide bonds. The lowest BCUT2D eigenvalue weighted by Gasteiger charge is -2.12. The molecule has 0 aromatic heterocycles. The van der Waals surface area contributed by atoms with E-state index in [1.807, 2.05) is 0 Å². The van der Waals surface area contributed by atoms with Crippen molar-refractivity contribution < 1.29 is 27.8 Å². The van der Waals surface area contributed by atoms with E-state index >= 15 is 0 Å². The Morgan fingerprint density at radius 1 is 1.35 bits per heavy atom. The third kappa shape index (κ3) is 4.16. The molecule has 7 heteroatoms. The van der Waals surface area contributed by atoms with Gasteiger partial charge < -0.3 is 9.47 Å². The molecule has 0 spiro atoms. The molecule has 0 fully saturated rings. The van der Waals surface area contributed by atoms with Crippen LogP contribution in [0.25, 0.3) is 0 Å². The number of esters is 1. The summed E-state index contributed by atoms with van der Waals surface area (Å²) in [6.07, 6.45) is 0. The minimum atomic E-state index is -3.12. The van der Waals surface area contributed by atoms with E-state index in [-0.39, 0.29) is 17.7 Å². The first-order valence-electron chi connectivity index (χ1n) is 5.81. The van der Waals surface area contributed by atoms with Crippen molar-refractivity contribution in [3.63, 3.8) is 0 Å². The molecule has 0 aliphatic carbocycles. The van der Waals surface area contributed by atoms with E-state index in [2.05, 4.69) is 4.74 Å². The first-order chi connectivity index (χ1) is 9.36. The van der Waals surface area contributed by atoms with Gasteiger partial charge in [0.15, 0.2) is 5.78 Å². The summed E-state index contributed by atoms with van der Waals surface area (Å²) in [4.78, 5) is 23.3. The molecule has 0 aliphatic rings. The zero-order valence-corrected chi connectivity index (χ0v) is 11.6. The maximum absolute atomic E-state index is 12.4. The highest BCUT2D eigenvalue weighted by Gasteiger charge is 2.21. The summed E-state index contributed by atoms with van der Waals surface area (Å²) in [6.45, 7) is 0.0461. The monoisotopic (exact) mass is 306 g/mol. The predicted octanol–water partition coefficient (Wildman–Crippen LogP) is 3.27. The lowest BCUT2D eigenvalue weighted by molar-refractivity contribution is -0.0502. The molecule has 0 heterocycles. The Hall–Kier alpha value is -1.69. The van der Waals surface area contributed by atoms with Crippen LogP contribution in [-0.2, 0) is 4.74 Å². The molecule has 1 atom stereocenters. The van der Waals surface area contributed by atoms with Crippen molar-refractivity contribution in [2.45, 2.75) is 25.8 Å². The topological polar surface area (TPSA) is 52.6 Å². The number of Topliss-reactive ketones (excluding diaryl/α,β-unsaturated/α-hetero) is 1. The highest BCUT2D eigenvalue weighted by molar-refractivity contribution is 6.34. The largest absolute Gasteiger partial charge is 0.462 e. The summed E-state index contributed by atoms with van der Waals surface area (Å²) >= 11 is 5.64. The molecule has 0 radical (unpaired) electrons. The quantitative estimate of drug-likeness (QED) is 0.460. The van der Waals surface area contributed by atoms with Gasteiger partial charge in [-0.3, -0.25) is 4.79 Å². The number of benzene rings is 1. The van der Waals surface area contributed by atoms with E-state index in [1.165, 1.54) is 19.1 Å². The predicted molar refractivity (Wildman–Crippen MR) is 68.7 cm³/mol. The maximum atomic E-state index is 12.4. The maximum Gasteiger partial charge on any atom is 0.387 e. The van der Waals surface area contributed by atoms with Crippen molar-refractivity contribution in [2.24, 2.45) is 0 Å². The molecule has 1 aromatic carbocycles. The Morgan fingerprint density at radius 3 is 2.50 bits per heavy atom. The Balaban J connectivity index is 3.19. The van der Waals surface area contributed by atoms with E-state index < -0.39 is 29.5 Å². The van der Waals surface area contributed by atoms with Crippen LogP contribution >= 0.6 is 11.6 Å². The second kappa shape index (κ2) is 7.19. The zero-order chi connectivity index (χ0) is 15.3. The smallest absolute Gasteiger partial charge is 0.387 e. The summed E-state index contributed by atoms with van der Waals surface area (Å²) in [5, 5.41) is -0.900. The molecule has 1 rings (SSSR count). The minimum Gasteiger partial charge on any atom is -0.462 e. The van der Waals surface area contributed by atoms with Gasteiger partial charge in [0.25, 0.3) is 0 Å². The summed E-state index contributed by atoms with van der Waals surface area (Å²) in [6, 6.07) is 3.55. The standard InChI is InChI=1S/C13H13ClF2O4/c1-3-19-12(18)8-4-5-9(11(17)7(2)14)10(6-8)20-13(15)16/h4-7,13H,3H2,1-2H3. The molecular weight excluding hydrogens is 294 g/mol. The van der Waals surface area contributed by atoms with E-state index in [4.69, 9.17) is 16.3 Å². The SMILES string of the molecule is CCOC(=O)c1ccc(C(=O)C(C)Cl)c(OC(F)F)c1. The summed E-state index contributed by atoms with van der Waals surface area (Å²) in [5.74, 6) is -1.66. The third-order valence-corrected chi connectivity index (χ3v) is 2.53. The van der Waals surface area contributed by atoms with Crippen LogP contribution in [0, 0.1) is 0 Å². The fraction of sp³-hybridized carbons (Fsp3) is 0.385. The van der Waals surface area contributed by atoms with Gasteiger partial charge in [0.05, 0.1) is 23.1 Å². The van der Waals surface area contributed by atoms with Gasteiger partial charge >= 0.3 is 12.6 Å². The van der Waals surface area contributed by atoms with Crippen LogP contribution < -0.4 is 4.74 Å². The molecule has 4 nitrogen and oxygen atoms in total. The molecule has 0 saturated carbocycles. The van der Waals surface area contributed by atoms with Crippen LogP contribution in [0.3, 0.4) is 0 Å². The number of alkyl halides is 3. The first-order valence-corrected chi connectivity index (χ1v) is 6.24. The number of halogens is 3. The summed E-state index contributed by atoms with van der Waals surface area (Å²) < 4.78 is 33.7. The Morgan fingerprint density at radius 2 is 2.00 bits per heavy atom. The Labute approximate surface area is 119 Å². The van der Waals surface area contributed by atoms with Crippen LogP contribution in [0.15, 0.2) is 18.2 Å². The highest BCUT2D eigenvalue weighted by Crippen LogP contribution is 2.25. The van der Waals surface area contributed by atoms with Crippen LogP contribution in [0.5, 0.6) is 5.75 Å². The lowest BCUT2D eigenvalue weighted by atomic mass is 10.0. The number of hydrogen-bond acceptors (Lipinski definition) is 4. The Kier molecular flexibility index (Phi) is 5.88. The van der Waals surface area contributed by atoms with Gasteiger partial charge in [-0.2, -0.15) is 8.78 Å². The second-order valence-electron chi connectivity index (χ2n) is 3.79. The van der Waals surface area contributed by atoms with Gasteiger partial charge in [-0.25, -0.2) is 4.79 Å². The Bertz CT molecular complexity index is 503. The molecule has 0 N–H and O–H groups in total. The highest BCUT2D eigenvalue weighted by atomic mass is 35.5. The van der Waals surface area contributed by atoms with Crippen molar-refractivity contribution in [3.05, 3.63) is 29.3 Å². The lowest BCUT2D eigenvalue weighted by Crippen LogP contribution is -2.15. The molecule has 1 unspecified atom stereocenters. The molecule has 110 valence electrons.